The second-order valence-corrected chi connectivity index (χ2v) is 4.63. The molecule has 0 aromatic carbocycles. The Kier molecular flexibility index (Phi) is 3.94. The molecular formula is C12H18N6O. The molecule has 0 aliphatic rings. The minimum Gasteiger partial charge on any atom is -0.368 e. The number of nitrogens with zero attached hydrogens (tertiary/aromatic N) is 4. The molecule has 0 spiro atoms. The molecule has 0 saturated heterocycles. The highest BCUT2D eigenvalue weighted by molar-refractivity contribution is 5.77. The van der Waals surface area contributed by atoms with Crippen molar-refractivity contribution in [2.24, 2.45) is 5.92 Å². The van der Waals surface area contributed by atoms with Crippen molar-refractivity contribution in [3.63, 3.8) is 0 Å². The highest BCUT2D eigenvalue weighted by Crippen LogP contribution is 2.09. The molecule has 0 radical (unpaired) electrons. The van der Waals surface area contributed by atoms with E-state index in [4.69, 9.17) is 0 Å². The minimum atomic E-state index is 0.00481. The zero-order valence-corrected chi connectivity index (χ0v) is 11.3. The van der Waals surface area contributed by atoms with Crippen LogP contribution in [0, 0.1) is 12.8 Å². The summed E-state index contributed by atoms with van der Waals surface area (Å²) in [5.41, 5.74) is 0.870. The van der Waals surface area contributed by atoms with Crippen LogP contribution in [0.4, 0.5) is 5.82 Å². The van der Waals surface area contributed by atoms with Crippen LogP contribution in [0.5, 0.6) is 0 Å². The fourth-order valence-corrected chi connectivity index (χ4v) is 1.64. The summed E-state index contributed by atoms with van der Waals surface area (Å²) in [5.74, 6) is 1.44. The Morgan fingerprint density at radius 3 is 2.95 bits per heavy atom. The van der Waals surface area contributed by atoms with Gasteiger partial charge < -0.3 is 10.6 Å². The van der Waals surface area contributed by atoms with Gasteiger partial charge in [0.1, 0.15) is 12.1 Å². The summed E-state index contributed by atoms with van der Waals surface area (Å²) < 4.78 is 1.64. The van der Waals surface area contributed by atoms with E-state index in [1.54, 1.807) is 4.52 Å². The summed E-state index contributed by atoms with van der Waals surface area (Å²) in [6, 6.07) is 1.89. The Morgan fingerprint density at radius 2 is 2.21 bits per heavy atom. The lowest BCUT2D eigenvalue weighted by Crippen LogP contribution is -2.32. The fourth-order valence-electron chi connectivity index (χ4n) is 1.64. The molecule has 1 amide bonds. The Hall–Kier alpha value is -2.18. The maximum absolute atomic E-state index is 11.4. The summed E-state index contributed by atoms with van der Waals surface area (Å²) in [4.78, 5) is 19.7. The Balaban J connectivity index is 1.94. The van der Waals surface area contributed by atoms with E-state index in [-0.39, 0.29) is 11.8 Å². The first-order valence-corrected chi connectivity index (χ1v) is 6.27. The van der Waals surface area contributed by atoms with Crippen LogP contribution in [0.25, 0.3) is 5.78 Å². The largest absolute Gasteiger partial charge is 0.368 e. The van der Waals surface area contributed by atoms with Gasteiger partial charge in [-0.25, -0.2) is 4.98 Å². The quantitative estimate of drug-likeness (QED) is 0.772. The van der Waals surface area contributed by atoms with Crippen LogP contribution in [-0.4, -0.2) is 38.6 Å². The zero-order valence-electron chi connectivity index (χ0n) is 11.3. The number of hydrogen-bond donors (Lipinski definition) is 2. The second kappa shape index (κ2) is 5.64. The van der Waals surface area contributed by atoms with E-state index in [9.17, 15) is 4.79 Å². The number of nitrogens with one attached hydrogen (secondary N) is 2. The van der Waals surface area contributed by atoms with Gasteiger partial charge in [-0.15, -0.1) is 0 Å². The molecule has 19 heavy (non-hydrogen) atoms. The van der Waals surface area contributed by atoms with Crippen LogP contribution < -0.4 is 10.6 Å². The van der Waals surface area contributed by atoms with Gasteiger partial charge in [-0.2, -0.15) is 14.6 Å². The van der Waals surface area contributed by atoms with Crippen molar-refractivity contribution < 1.29 is 4.79 Å². The molecule has 0 saturated carbocycles. The molecule has 2 heterocycles. The molecule has 2 N–H and O–H groups in total. The molecule has 0 aliphatic heterocycles. The lowest BCUT2D eigenvalue weighted by Gasteiger charge is -2.10. The molecule has 2 aromatic heterocycles. The van der Waals surface area contributed by atoms with E-state index in [2.05, 4.69) is 25.7 Å². The van der Waals surface area contributed by atoms with Crippen LogP contribution in [0.3, 0.4) is 0 Å². The number of anilines is 1. The summed E-state index contributed by atoms with van der Waals surface area (Å²) in [5, 5.41) is 10.2. The molecule has 0 aliphatic carbocycles. The van der Waals surface area contributed by atoms with Crippen molar-refractivity contribution in [2.75, 3.05) is 18.4 Å². The molecular weight excluding hydrogens is 244 g/mol. The van der Waals surface area contributed by atoms with Gasteiger partial charge in [0.05, 0.1) is 0 Å². The average Bonchev–Trinajstić information content (AvgIpc) is 2.81. The van der Waals surface area contributed by atoms with Crippen molar-refractivity contribution in [1.82, 2.24) is 24.9 Å². The zero-order chi connectivity index (χ0) is 13.8. The number of carbonyl (C=O) groups is 1. The topological polar surface area (TPSA) is 84.2 Å². The van der Waals surface area contributed by atoms with Crippen molar-refractivity contribution in [3.8, 4) is 0 Å². The van der Waals surface area contributed by atoms with Gasteiger partial charge in [0, 0.05) is 30.8 Å². The van der Waals surface area contributed by atoms with E-state index < -0.39 is 0 Å². The number of rotatable bonds is 5. The lowest BCUT2D eigenvalue weighted by atomic mass is 10.2. The maximum Gasteiger partial charge on any atom is 0.254 e. The smallest absolute Gasteiger partial charge is 0.254 e. The third kappa shape index (κ3) is 3.18. The van der Waals surface area contributed by atoms with E-state index in [1.807, 2.05) is 26.8 Å². The Labute approximate surface area is 111 Å². The highest BCUT2D eigenvalue weighted by Gasteiger charge is 2.06. The van der Waals surface area contributed by atoms with Crippen LogP contribution >= 0.6 is 0 Å². The summed E-state index contributed by atoms with van der Waals surface area (Å²) in [7, 11) is 0. The van der Waals surface area contributed by atoms with Gasteiger partial charge in [0.25, 0.3) is 5.78 Å². The molecule has 102 valence electrons. The van der Waals surface area contributed by atoms with Crippen molar-refractivity contribution in [2.45, 2.75) is 20.8 Å². The predicted octanol–water partition coefficient (Wildman–Crippen LogP) is 0.617. The molecule has 7 nitrogen and oxygen atoms in total. The number of aromatic nitrogens is 4. The minimum absolute atomic E-state index is 0.00481. The van der Waals surface area contributed by atoms with Gasteiger partial charge in [-0.05, 0) is 6.92 Å². The molecule has 0 fully saturated rings. The van der Waals surface area contributed by atoms with Gasteiger partial charge in [0.15, 0.2) is 0 Å². The van der Waals surface area contributed by atoms with E-state index >= 15 is 0 Å². The normalized spacial score (nSPS) is 10.9. The molecule has 0 bridgehead atoms. The van der Waals surface area contributed by atoms with E-state index in [1.165, 1.54) is 6.33 Å². The lowest BCUT2D eigenvalue weighted by molar-refractivity contribution is -0.123. The first kappa shape index (κ1) is 13.3. The predicted molar refractivity (Wildman–Crippen MR) is 71.9 cm³/mol. The van der Waals surface area contributed by atoms with Crippen LogP contribution in [-0.2, 0) is 4.79 Å². The second-order valence-electron chi connectivity index (χ2n) is 4.63. The Bertz CT molecular complexity index is 577. The first-order valence-electron chi connectivity index (χ1n) is 6.27. The number of fused-ring (bicyclic) bond motifs is 1. The van der Waals surface area contributed by atoms with Crippen LogP contribution in [0.1, 0.15) is 19.5 Å². The number of amides is 1. The standard InChI is InChI=1S/C12H18N6O/c1-8(2)11(19)14-5-4-13-10-6-9(3)17-12-15-7-16-18(10)12/h6-8,13H,4-5H2,1-3H3,(H,14,19). The summed E-state index contributed by atoms with van der Waals surface area (Å²) >= 11 is 0. The first-order chi connectivity index (χ1) is 9.08. The molecule has 2 aromatic rings. The van der Waals surface area contributed by atoms with Crippen LogP contribution in [0.2, 0.25) is 0 Å². The number of aryl methyl sites for hydroxylation is 1. The molecule has 2 rings (SSSR count). The molecule has 0 unspecified atom stereocenters. The molecule has 7 heteroatoms. The SMILES string of the molecule is Cc1cc(NCCNC(=O)C(C)C)n2ncnc2n1. The van der Waals surface area contributed by atoms with Gasteiger partial charge in [-0.1, -0.05) is 13.8 Å². The average molecular weight is 262 g/mol. The van der Waals surface area contributed by atoms with Crippen LogP contribution in [0.15, 0.2) is 12.4 Å². The highest BCUT2D eigenvalue weighted by atomic mass is 16.1. The van der Waals surface area contributed by atoms with Crippen molar-refractivity contribution >= 4 is 17.5 Å². The Morgan fingerprint density at radius 1 is 1.42 bits per heavy atom. The van der Waals surface area contributed by atoms with E-state index in [0.29, 0.717) is 18.9 Å². The van der Waals surface area contributed by atoms with Crippen molar-refractivity contribution in [3.05, 3.63) is 18.1 Å². The summed E-state index contributed by atoms with van der Waals surface area (Å²) in [6.07, 6.45) is 1.47. The monoisotopic (exact) mass is 262 g/mol. The third-order valence-electron chi connectivity index (χ3n) is 2.63. The molecule has 0 atom stereocenters. The number of hydrogen-bond acceptors (Lipinski definition) is 5. The third-order valence-corrected chi connectivity index (χ3v) is 2.63. The number of carbonyl (C=O) groups excluding carboxylic acids is 1. The van der Waals surface area contributed by atoms with Gasteiger partial charge in [-0.3, -0.25) is 4.79 Å². The summed E-state index contributed by atoms with van der Waals surface area (Å²) in [6.45, 7) is 6.83. The van der Waals surface area contributed by atoms with Crippen molar-refractivity contribution in [1.29, 1.82) is 0 Å². The van der Waals surface area contributed by atoms with E-state index in [0.717, 1.165) is 11.5 Å². The van der Waals surface area contributed by atoms with Gasteiger partial charge >= 0.3 is 0 Å². The van der Waals surface area contributed by atoms with Gasteiger partial charge in [0.2, 0.25) is 5.91 Å². The fraction of sp³-hybridized carbons (Fsp3) is 0.500. The maximum atomic E-state index is 11.4.